The number of pyridine rings is 2. The van der Waals surface area contributed by atoms with Gasteiger partial charge in [0.05, 0.1) is 31.7 Å². The number of aromatic nitrogens is 2. The zero-order valence-electron chi connectivity index (χ0n) is 12.7. The highest BCUT2D eigenvalue weighted by atomic mass is 35.5. The van der Waals surface area contributed by atoms with Gasteiger partial charge in [0.25, 0.3) is 0 Å². The van der Waals surface area contributed by atoms with Gasteiger partial charge in [-0.15, -0.1) is 0 Å². The van der Waals surface area contributed by atoms with Crippen molar-refractivity contribution in [1.82, 2.24) is 9.55 Å². The summed E-state index contributed by atoms with van der Waals surface area (Å²) < 4.78 is 1.68. The van der Waals surface area contributed by atoms with Gasteiger partial charge in [-0.25, -0.2) is 0 Å². The molecule has 7 heteroatoms. The van der Waals surface area contributed by atoms with Crippen LogP contribution in [0.2, 0.25) is 15.1 Å². The molecule has 0 saturated carbocycles. The molecule has 0 radical (unpaired) electrons. The van der Waals surface area contributed by atoms with Gasteiger partial charge in [0, 0.05) is 24.9 Å². The van der Waals surface area contributed by atoms with Crippen molar-refractivity contribution < 1.29 is 4.79 Å². The van der Waals surface area contributed by atoms with E-state index in [0.29, 0.717) is 26.9 Å². The van der Waals surface area contributed by atoms with Crippen molar-refractivity contribution >= 4 is 51.5 Å². The molecule has 122 valence electrons. The fraction of sp³-hybridized carbons (Fsp3) is 0.118. The van der Waals surface area contributed by atoms with Gasteiger partial charge in [-0.2, -0.15) is 0 Å². The average Bonchev–Trinajstić information content (AvgIpc) is 2.50. The molecule has 3 aromatic rings. The summed E-state index contributed by atoms with van der Waals surface area (Å²) in [5, 5.41) is 1.17. The highest BCUT2D eigenvalue weighted by Crippen LogP contribution is 2.34. The predicted molar refractivity (Wildman–Crippen MR) is 97.1 cm³/mol. The Labute approximate surface area is 152 Å². The van der Waals surface area contributed by atoms with Crippen molar-refractivity contribution in [2.75, 3.05) is 0 Å². The molecule has 0 spiro atoms. The SMILES string of the molecule is CC(=O)c1ncc(Cl)c2c1c(=O)cc(C)n2-c1c(Cl)cccc1Cl. The highest BCUT2D eigenvalue weighted by molar-refractivity contribution is 6.38. The van der Waals surface area contributed by atoms with Gasteiger partial charge < -0.3 is 4.57 Å². The monoisotopic (exact) mass is 380 g/mol. The third-order valence-electron chi connectivity index (χ3n) is 3.66. The number of carbonyl (C=O) groups excluding carboxylic acids is 1. The van der Waals surface area contributed by atoms with Gasteiger partial charge in [0.2, 0.25) is 0 Å². The number of benzene rings is 1. The summed E-state index contributed by atoms with van der Waals surface area (Å²) in [4.78, 5) is 28.4. The Kier molecular flexibility index (Phi) is 4.38. The first-order valence-corrected chi connectivity index (χ1v) is 8.12. The summed E-state index contributed by atoms with van der Waals surface area (Å²) in [7, 11) is 0. The highest BCUT2D eigenvalue weighted by Gasteiger charge is 2.20. The second-order valence-corrected chi connectivity index (χ2v) is 6.51. The number of hydrogen-bond donors (Lipinski definition) is 0. The Hall–Kier alpha value is -1.88. The van der Waals surface area contributed by atoms with E-state index in [4.69, 9.17) is 34.8 Å². The number of halogens is 3. The minimum Gasteiger partial charge on any atom is -0.309 e. The van der Waals surface area contributed by atoms with E-state index >= 15 is 0 Å². The van der Waals surface area contributed by atoms with Crippen LogP contribution in [0, 0.1) is 6.92 Å². The van der Waals surface area contributed by atoms with Crippen LogP contribution in [0.25, 0.3) is 16.6 Å². The van der Waals surface area contributed by atoms with Crippen LogP contribution in [0.4, 0.5) is 0 Å². The normalized spacial score (nSPS) is 11.0. The molecule has 0 saturated heterocycles. The molecule has 0 aliphatic heterocycles. The smallest absolute Gasteiger partial charge is 0.192 e. The van der Waals surface area contributed by atoms with Gasteiger partial charge >= 0.3 is 0 Å². The minimum atomic E-state index is -0.331. The van der Waals surface area contributed by atoms with E-state index in [1.807, 2.05) is 0 Å². The Morgan fingerprint density at radius 1 is 1.12 bits per heavy atom. The first-order chi connectivity index (χ1) is 11.3. The van der Waals surface area contributed by atoms with Crippen molar-refractivity contribution in [3.05, 3.63) is 67.1 Å². The summed E-state index contributed by atoms with van der Waals surface area (Å²) >= 11 is 19.0. The second-order valence-electron chi connectivity index (χ2n) is 5.29. The zero-order chi connectivity index (χ0) is 17.6. The first kappa shape index (κ1) is 17.0. The summed E-state index contributed by atoms with van der Waals surface area (Å²) in [6.07, 6.45) is 1.35. The van der Waals surface area contributed by atoms with Crippen LogP contribution < -0.4 is 5.43 Å². The topological polar surface area (TPSA) is 52.0 Å². The van der Waals surface area contributed by atoms with Crippen molar-refractivity contribution in [2.24, 2.45) is 0 Å². The number of fused-ring (bicyclic) bond motifs is 1. The van der Waals surface area contributed by atoms with Crippen LogP contribution >= 0.6 is 34.8 Å². The number of aryl methyl sites for hydroxylation is 1. The van der Waals surface area contributed by atoms with E-state index in [2.05, 4.69) is 4.98 Å². The van der Waals surface area contributed by atoms with Crippen molar-refractivity contribution in [3.8, 4) is 5.69 Å². The Bertz CT molecular complexity index is 1040. The molecule has 2 aromatic heterocycles. The molecule has 24 heavy (non-hydrogen) atoms. The number of ketones is 1. The molecule has 0 amide bonds. The van der Waals surface area contributed by atoms with E-state index in [1.54, 1.807) is 29.7 Å². The Balaban J connectivity index is 2.62. The van der Waals surface area contributed by atoms with Gasteiger partial charge in [-0.05, 0) is 19.1 Å². The summed E-state index contributed by atoms with van der Waals surface area (Å²) in [5.41, 5.74) is 1.17. The molecule has 0 bridgehead atoms. The molecule has 0 unspecified atom stereocenters. The number of nitrogens with zero attached hydrogens (tertiary/aromatic N) is 2. The van der Waals surface area contributed by atoms with Gasteiger partial charge in [-0.3, -0.25) is 14.6 Å². The number of para-hydroxylation sites is 1. The van der Waals surface area contributed by atoms with Crippen molar-refractivity contribution in [1.29, 1.82) is 0 Å². The zero-order valence-corrected chi connectivity index (χ0v) is 15.0. The first-order valence-electron chi connectivity index (χ1n) is 6.99. The lowest BCUT2D eigenvalue weighted by Gasteiger charge is -2.18. The lowest BCUT2D eigenvalue weighted by molar-refractivity contribution is 0.101. The number of Topliss-reactive ketones (excluding diaryl/α,β-unsaturated/α-hetero) is 1. The minimum absolute atomic E-state index is 0.0660. The van der Waals surface area contributed by atoms with E-state index in [0.717, 1.165) is 0 Å². The van der Waals surface area contributed by atoms with E-state index < -0.39 is 0 Å². The van der Waals surface area contributed by atoms with Crippen LogP contribution in [0.3, 0.4) is 0 Å². The van der Waals surface area contributed by atoms with Crippen molar-refractivity contribution in [3.63, 3.8) is 0 Å². The van der Waals surface area contributed by atoms with Gasteiger partial charge in [-0.1, -0.05) is 40.9 Å². The van der Waals surface area contributed by atoms with E-state index in [9.17, 15) is 9.59 Å². The van der Waals surface area contributed by atoms with Crippen LogP contribution in [-0.4, -0.2) is 15.3 Å². The maximum atomic E-state index is 12.5. The maximum Gasteiger partial charge on any atom is 0.192 e. The average molecular weight is 382 g/mol. The largest absolute Gasteiger partial charge is 0.309 e. The Morgan fingerprint density at radius 3 is 2.33 bits per heavy atom. The molecule has 3 rings (SSSR count). The van der Waals surface area contributed by atoms with E-state index in [1.165, 1.54) is 19.2 Å². The molecule has 0 N–H and O–H groups in total. The molecule has 0 aliphatic carbocycles. The molecule has 0 atom stereocenters. The lowest BCUT2D eigenvalue weighted by atomic mass is 10.1. The fourth-order valence-electron chi connectivity index (χ4n) is 2.69. The molecule has 1 aromatic carbocycles. The fourth-order valence-corrected chi connectivity index (χ4v) is 3.49. The molecule has 4 nitrogen and oxygen atoms in total. The maximum absolute atomic E-state index is 12.5. The third-order valence-corrected chi connectivity index (χ3v) is 4.55. The third kappa shape index (κ3) is 2.61. The van der Waals surface area contributed by atoms with E-state index in [-0.39, 0.29) is 27.3 Å². The Morgan fingerprint density at radius 2 is 1.75 bits per heavy atom. The summed E-state index contributed by atoms with van der Waals surface area (Å²) in [6, 6.07) is 6.51. The van der Waals surface area contributed by atoms with Gasteiger partial charge in [0.1, 0.15) is 5.69 Å². The van der Waals surface area contributed by atoms with Crippen LogP contribution in [0.5, 0.6) is 0 Å². The van der Waals surface area contributed by atoms with Crippen LogP contribution in [0.15, 0.2) is 35.3 Å². The van der Waals surface area contributed by atoms with Gasteiger partial charge in [0.15, 0.2) is 11.2 Å². The molecular formula is C17H11Cl3N2O2. The molecule has 0 aliphatic rings. The van der Waals surface area contributed by atoms with Crippen molar-refractivity contribution in [2.45, 2.75) is 13.8 Å². The number of hydrogen-bond acceptors (Lipinski definition) is 3. The number of carbonyl (C=O) groups is 1. The van der Waals surface area contributed by atoms with Crippen LogP contribution in [-0.2, 0) is 0 Å². The second kappa shape index (κ2) is 6.20. The summed E-state index contributed by atoms with van der Waals surface area (Å²) in [6.45, 7) is 3.09. The standard InChI is InChI=1S/C17H11Cl3N2O2/c1-8-6-13(24)14-15(9(2)23)21-7-12(20)17(14)22(8)16-10(18)4-3-5-11(16)19/h3-7H,1-2H3. The number of rotatable bonds is 2. The summed E-state index contributed by atoms with van der Waals surface area (Å²) in [5.74, 6) is -0.325. The lowest BCUT2D eigenvalue weighted by Crippen LogP contribution is -2.16. The quantitative estimate of drug-likeness (QED) is 0.596. The van der Waals surface area contributed by atoms with Crippen LogP contribution in [0.1, 0.15) is 23.1 Å². The molecule has 2 heterocycles. The molecule has 0 fully saturated rings. The molecular weight excluding hydrogens is 371 g/mol. The predicted octanol–water partition coefficient (Wildman–Crippen LogP) is 4.86.